The number of nitrogens with two attached hydrogens (primary N) is 1. The summed E-state index contributed by atoms with van der Waals surface area (Å²) in [7, 11) is -2.67. The predicted molar refractivity (Wildman–Crippen MR) is 165 cm³/mol. The number of thioether (sulfide) groups is 1. The highest BCUT2D eigenvalue weighted by molar-refractivity contribution is 8.01. The Labute approximate surface area is 275 Å². The van der Waals surface area contributed by atoms with Gasteiger partial charge in [-0.15, -0.1) is 11.8 Å². The van der Waals surface area contributed by atoms with Crippen LogP contribution in [0.2, 0.25) is 0 Å². The van der Waals surface area contributed by atoms with Crippen molar-refractivity contribution >= 4 is 57.2 Å². The summed E-state index contributed by atoms with van der Waals surface area (Å²) < 4.78 is 38.2. The van der Waals surface area contributed by atoms with Crippen LogP contribution in [0.4, 0.5) is 0 Å². The molecule has 5 rings (SSSR count). The van der Waals surface area contributed by atoms with Crippen LogP contribution in [0.5, 0.6) is 0 Å². The van der Waals surface area contributed by atoms with E-state index in [-0.39, 0.29) is 12.1 Å². The first kappa shape index (κ1) is 34.4. The lowest BCUT2D eigenvalue weighted by Crippen LogP contribution is -2.71. The normalized spacial score (nSPS) is 28.7. The number of esters is 3. The Hall–Kier alpha value is -3.96. The number of amides is 3. The Morgan fingerprint density at radius 3 is 2.21 bits per heavy atom. The van der Waals surface area contributed by atoms with Crippen molar-refractivity contribution in [3.63, 3.8) is 0 Å². The molecule has 2 N–H and O–H groups in total. The highest BCUT2D eigenvalue weighted by Gasteiger charge is 2.69. The number of carbonyl (C=O) groups is 6. The maximum Gasteiger partial charge on any atom is 0.333 e. The molecule has 4 heterocycles. The van der Waals surface area contributed by atoms with Gasteiger partial charge < -0.3 is 29.7 Å². The van der Waals surface area contributed by atoms with Crippen LogP contribution >= 0.6 is 11.8 Å². The van der Waals surface area contributed by atoms with Crippen molar-refractivity contribution in [2.24, 2.45) is 5.73 Å². The van der Waals surface area contributed by atoms with E-state index in [1.165, 1.54) is 44.5 Å². The Morgan fingerprint density at radius 2 is 1.64 bits per heavy atom. The van der Waals surface area contributed by atoms with Crippen LogP contribution < -0.4 is 5.73 Å². The second-order valence-corrected chi connectivity index (χ2v) is 17.1. The largest absolute Gasteiger partial charge is 0.466 e. The van der Waals surface area contributed by atoms with Crippen molar-refractivity contribution in [2.45, 2.75) is 85.4 Å². The number of methoxy groups -OCH3 is 1. The molecule has 0 radical (unpaired) electrons. The van der Waals surface area contributed by atoms with E-state index in [2.05, 4.69) is 0 Å². The molecule has 0 bridgehead atoms. The molecular formula is C30H36N4O11S2. The number of carbonyl (C=O) groups excluding carboxylic acids is 6. The van der Waals surface area contributed by atoms with Gasteiger partial charge in [0, 0.05) is 16.5 Å². The molecule has 4 aliphatic heterocycles. The second-order valence-electron chi connectivity index (χ2n) is 12.7. The van der Waals surface area contributed by atoms with Gasteiger partial charge in [-0.25, -0.2) is 22.8 Å². The number of fused-ring (bicyclic) bond motifs is 2. The molecule has 4 aliphatic rings. The van der Waals surface area contributed by atoms with E-state index in [9.17, 15) is 37.2 Å². The number of sulfone groups is 1. The Morgan fingerprint density at radius 1 is 1.04 bits per heavy atom. The summed E-state index contributed by atoms with van der Waals surface area (Å²) in [6.45, 7) is 6.66. The third kappa shape index (κ3) is 5.37. The lowest BCUT2D eigenvalue weighted by atomic mass is 9.94. The fourth-order valence-corrected chi connectivity index (χ4v) is 10.3. The molecule has 1 aromatic carbocycles. The van der Waals surface area contributed by atoms with Gasteiger partial charge >= 0.3 is 17.9 Å². The van der Waals surface area contributed by atoms with Crippen LogP contribution in [0, 0.1) is 0 Å². The molecule has 1 unspecified atom stereocenters. The second kappa shape index (κ2) is 11.9. The van der Waals surface area contributed by atoms with Crippen molar-refractivity contribution in [1.82, 2.24) is 14.7 Å². The summed E-state index contributed by atoms with van der Waals surface area (Å²) in [5.41, 5.74) is 6.91. The summed E-state index contributed by atoms with van der Waals surface area (Å²) in [5, 5.41) is -1.84. The summed E-state index contributed by atoms with van der Waals surface area (Å²) in [6, 6.07) is 3.64. The molecule has 0 spiro atoms. The van der Waals surface area contributed by atoms with Crippen LogP contribution in [0.3, 0.4) is 0 Å². The number of benzene rings is 1. The molecule has 6 atom stereocenters. The average Bonchev–Trinajstić information content (AvgIpc) is 3.33. The van der Waals surface area contributed by atoms with Gasteiger partial charge in [-0.3, -0.25) is 19.3 Å². The topological polar surface area (TPSA) is 200 Å². The van der Waals surface area contributed by atoms with Crippen LogP contribution in [0.1, 0.15) is 52.6 Å². The molecule has 3 amide bonds. The molecule has 17 heteroatoms. The zero-order valence-electron chi connectivity index (χ0n) is 26.6. The zero-order valence-corrected chi connectivity index (χ0v) is 28.2. The number of ether oxygens (including phenoxy) is 3. The van der Waals surface area contributed by atoms with Crippen LogP contribution in [0.15, 0.2) is 42.1 Å². The molecule has 0 saturated carbocycles. The lowest BCUT2D eigenvalue weighted by molar-refractivity contribution is -0.182. The number of β-lactam (4-membered cyclic amide) rings is 2. The molecule has 254 valence electrons. The molecule has 1 aromatic rings. The van der Waals surface area contributed by atoms with Gasteiger partial charge in [-0.1, -0.05) is 30.3 Å². The number of rotatable bonds is 9. The average molecular weight is 693 g/mol. The summed E-state index contributed by atoms with van der Waals surface area (Å²) in [6.07, 6.45) is 0.855. The van der Waals surface area contributed by atoms with Gasteiger partial charge in [0.1, 0.15) is 34.9 Å². The van der Waals surface area contributed by atoms with Gasteiger partial charge in [0.15, 0.2) is 9.84 Å². The highest BCUT2D eigenvalue weighted by atomic mass is 32.2. The van der Waals surface area contributed by atoms with Crippen molar-refractivity contribution in [2.75, 3.05) is 13.9 Å². The van der Waals surface area contributed by atoms with Crippen molar-refractivity contribution < 1.29 is 51.4 Å². The van der Waals surface area contributed by atoms with Gasteiger partial charge in [-0.05, 0) is 40.2 Å². The molecule has 4 fully saturated rings. The van der Waals surface area contributed by atoms with Gasteiger partial charge in [-0.2, -0.15) is 0 Å². The first-order chi connectivity index (χ1) is 21.9. The maximum absolute atomic E-state index is 13.8. The Bertz CT molecular complexity index is 1680. The van der Waals surface area contributed by atoms with E-state index in [0.717, 1.165) is 15.9 Å². The Balaban J connectivity index is 1.31. The van der Waals surface area contributed by atoms with Crippen molar-refractivity contribution in [3.05, 3.63) is 47.7 Å². The standard InChI is InChI=1S/C30H36N4O11S2/c1-15(12-19(36)43-6)32(24(37)20(31)16-10-8-7-9-11-16)21-25(38)34-22(29(2,3)46-26(21)34)27(39)44-14-45-28(40)23-30(4,5)47(41,42)18-13-17(35)33(18)23/h7-12,18,20-23,26H,13-14,31H2,1-6H3/t18-,20?,21-,22+,23+,26-/m1/s1. The lowest BCUT2D eigenvalue weighted by Gasteiger charge is -2.49. The van der Waals surface area contributed by atoms with Gasteiger partial charge in [0.25, 0.3) is 5.91 Å². The summed E-state index contributed by atoms with van der Waals surface area (Å²) >= 11 is 1.24. The van der Waals surface area contributed by atoms with Gasteiger partial charge in [0.2, 0.25) is 18.6 Å². The third-order valence-corrected chi connectivity index (χ3v) is 13.4. The van der Waals surface area contributed by atoms with Crippen molar-refractivity contribution in [3.8, 4) is 0 Å². The van der Waals surface area contributed by atoms with Crippen LogP contribution in [-0.2, 0) is 52.8 Å². The molecule has 0 aromatic heterocycles. The number of nitrogens with zero attached hydrogens (tertiary/aromatic N) is 3. The fourth-order valence-electron chi connectivity index (χ4n) is 6.51. The first-order valence-corrected chi connectivity index (χ1v) is 17.1. The minimum absolute atomic E-state index is 0.113. The third-order valence-electron chi connectivity index (χ3n) is 9.09. The molecule has 0 aliphatic carbocycles. The monoisotopic (exact) mass is 692 g/mol. The fraction of sp³-hybridized carbons (Fsp3) is 0.533. The van der Waals surface area contributed by atoms with E-state index in [1.807, 2.05) is 0 Å². The van der Waals surface area contributed by atoms with E-state index in [1.54, 1.807) is 44.2 Å². The Kier molecular flexibility index (Phi) is 8.73. The molecule has 15 nitrogen and oxygen atoms in total. The smallest absolute Gasteiger partial charge is 0.333 e. The van der Waals surface area contributed by atoms with E-state index < -0.39 is 96.7 Å². The summed E-state index contributed by atoms with van der Waals surface area (Å²) in [5.74, 6) is -4.45. The van der Waals surface area contributed by atoms with Gasteiger partial charge in [0.05, 0.1) is 18.3 Å². The van der Waals surface area contributed by atoms with Crippen LogP contribution in [-0.4, -0.2) is 111 Å². The molecule has 4 saturated heterocycles. The quantitative estimate of drug-likeness (QED) is 0.159. The highest BCUT2D eigenvalue weighted by Crippen LogP contribution is 2.53. The first-order valence-electron chi connectivity index (χ1n) is 14.7. The minimum atomic E-state index is -3.84. The number of hydrogen-bond acceptors (Lipinski definition) is 13. The predicted octanol–water partition coefficient (Wildman–Crippen LogP) is 0.201. The van der Waals surface area contributed by atoms with E-state index >= 15 is 0 Å². The van der Waals surface area contributed by atoms with Crippen molar-refractivity contribution in [1.29, 1.82) is 0 Å². The van der Waals surface area contributed by atoms with Crippen LogP contribution in [0.25, 0.3) is 0 Å². The van der Waals surface area contributed by atoms with E-state index in [0.29, 0.717) is 5.56 Å². The van der Waals surface area contributed by atoms with E-state index in [4.69, 9.17) is 19.9 Å². The zero-order chi connectivity index (χ0) is 34.8. The SMILES string of the molecule is COC(=O)C=C(C)N(C(=O)C(N)c1ccccc1)[C@@H]1C(=O)N2[C@@H]1SC(C)(C)[C@@H]2C(=O)OCOC(=O)[C@@H]1N2C(=O)C[C@H]2S(=O)(=O)C1(C)C. The number of hydrogen-bond donors (Lipinski definition) is 1. The number of allylic oxidation sites excluding steroid dienone is 1. The summed E-state index contributed by atoms with van der Waals surface area (Å²) in [4.78, 5) is 81.5. The minimum Gasteiger partial charge on any atom is -0.466 e. The molecular weight excluding hydrogens is 656 g/mol. The maximum atomic E-state index is 13.8. The molecule has 47 heavy (non-hydrogen) atoms.